The highest BCUT2D eigenvalue weighted by molar-refractivity contribution is 14.0. The summed E-state index contributed by atoms with van der Waals surface area (Å²) in [7, 11) is 0. The Bertz CT molecular complexity index is 464. The molecule has 1 unspecified atom stereocenters. The van der Waals surface area contributed by atoms with E-state index < -0.39 is 0 Å². The topological polar surface area (TPSA) is 53.6 Å². The third kappa shape index (κ3) is 5.76. The Morgan fingerprint density at radius 1 is 1.23 bits per heavy atom. The second kappa shape index (κ2) is 9.35. The number of rotatable bonds is 5. The van der Waals surface area contributed by atoms with Crippen LogP contribution in [0.1, 0.15) is 43.9 Å². The molecule has 0 bridgehead atoms. The number of hydrogen-bond acceptors (Lipinski definition) is 2. The fourth-order valence-corrected chi connectivity index (χ4v) is 2.80. The van der Waals surface area contributed by atoms with Crippen molar-refractivity contribution in [2.45, 2.75) is 45.7 Å². The van der Waals surface area contributed by atoms with Crippen LogP contribution in [0.15, 0.2) is 29.3 Å². The maximum atomic E-state index is 5.94. The van der Waals surface area contributed by atoms with Crippen molar-refractivity contribution >= 4 is 29.9 Å². The van der Waals surface area contributed by atoms with Gasteiger partial charge in [-0.2, -0.15) is 0 Å². The normalized spacial score (nSPS) is 17.4. The number of aliphatic imine (C=N–C) groups is 1. The average Bonchev–Trinajstić information content (AvgIpc) is 2.94. The zero-order chi connectivity index (χ0) is 15.2. The maximum Gasteiger partial charge on any atom is 0.188 e. The predicted molar refractivity (Wildman–Crippen MR) is 105 cm³/mol. The Balaban J connectivity index is 0.00000242. The van der Waals surface area contributed by atoms with E-state index in [1.807, 2.05) is 0 Å². The first-order valence-corrected chi connectivity index (χ1v) is 7.93. The van der Waals surface area contributed by atoms with Crippen LogP contribution in [0.5, 0.6) is 0 Å². The van der Waals surface area contributed by atoms with Crippen LogP contribution in [0.25, 0.3) is 0 Å². The van der Waals surface area contributed by atoms with Crippen LogP contribution in [0.3, 0.4) is 0 Å². The van der Waals surface area contributed by atoms with Gasteiger partial charge in [0.1, 0.15) is 0 Å². The van der Waals surface area contributed by atoms with Crippen LogP contribution in [0, 0.1) is 6.92 Å². The zero-order valence-corrected chi connectivity index (χ0v) is 16.2. The minimum absolute atomic E-state index is 0. The largest absolute Gasteiger partial charge is 0.370 e. The molecule has 1 heterocycles. The van der Waals surface area contributed by atoms with Crippen molar-refractivity contribution in [1.29, 1.82) is 0 Å². The first-order valence-electron chi connectivity index (χ1n) is 7.93. The standard InChI is InChI=1S/C17H28N4.HI/c1-13(2)20-17(18)19-12-16(21-10-4-5-11-21)15-8-6-14(3)7-9-15;/h6-9,13,16H,4-5,10-12H2,1-3H3,(H3,18,19,20);1H. The molecular formula is C17H29IN4. The first-order chi connectivity index (χ1) is 10.1. The number of guanidine groups is 1. The highest BCUT2D eigenvalue weighted by atomic mass is 127. The number of hydrogen-bond donors (Lipinski definition) is 2. The quantitative estimate of drug-likeness (QED) is 0.441. The van der Waals surface area contributed by atoms with E-state index in [2.05, 4.69) is 60.2 Å². The van der Waals surface area contributed by atoms with E-state index in [4.69, 9.17) is 5.73 Å². The third-order valence-corrected chi connectivity index (χ3v) is 3.91. The summed E-state index contributed by atoms with van der Waals surface area (Å²) in [6.07, 6.45) is 2.57. The van der Waals surface area contributed by atoms with Gasteiger partial charge in [0.05, 0.1) is 12.6 Å². The summed E-state index contributed by atoms with van der Waals surface area (Å²) in [4.78, 5) is 7.07. The number of halogens is 1. The Morgan fingerprint density at radius 2 is 1.82 bits per heavy atom. The molecule has 1 aromatic carbocycles. The monoisotopic (exact) mass is 416 g/mol. The van der Waals surface area contributed by atoms with Crippen molar-refractivity contribution in [2.75, 3.05) is 19.6 Å². The number of nitrogens with two attached hydrogens (primary N) is 1. The summed E-state index contributed by atoms with van der Waals surface area (Å²) in [5.41, 5.74) is 8.58. The van der Waals surface area contributed by atoms with Gasteiger partial charge in [0.2, 0.25) is 0 Å². The van der Waals surface area contributed by atoms with E-state index in [9.17, 15) is 0 Å². The van der Waals surface area contributed by atoms with Gasteiger partial charge in [0.25, 0.3) is 0 Å². The Labute approximate surface area is 151 Å². The van der Waals surface area contributed by atoms with Crippen LogP contribution in [-0.4, -0.2) is 36.5 Å². The van der Waals surface area contributed by atoms with Crippen molar-refractivity contribution in [3.63, 3.8) is 0 Å². The van der Waals surface area contributed by atoms with Gasteiger partial charge in [-0.3, -0.25) is 9.89 Å². The molecule has 1 aliphatic rings. The van der Waals surface area contributed by atoms with Gasteiger partial charge in [-0.1, -0.05) is 29.8 Å². The number of likely N-dealkylation sites (tertiary alicyclic amines) is 1. The molecule has 3 N–H and O–H groups in total. The molecular weight excluding hydrogens is 387 g/mol. The van der Waals surface area contributed by atoms with E-state index in [-0.39, 0.29) is 24.0 Å². The molecule has 0 spiro atoms. The van der Waals surface area contributed by atoms with Crippen molar-refractivity contribution in [3.05, 3.63) is 35.4 Å². The van der Waals surface area contributed by atoms with Crippen molar-refractivity contribution in [2.24, 2.45) is 10.7 Å². The molecule has 0 aliphatic carbocycles. The van der Waals surface area contributed by atoms with E-state index in [0.29, 0.717) is 24.6 Å². The van der Waals surface area contributed by atoms with Crippen molar-refractivity contribution in [1.82, 2.24) is 10.2 Å². The van der Waals surface area contributed by atoms with Gasteiger partial charge in [-0.25, -0.2) is 0 Å². The molecule has 1 aliphatic heterocycles. The summed E-state index contributed by atoms with van der Waals surface area (Å²) in [6, 6.07) is 9.45. The molecule has 1 saturated heterocycles. The van der Waals surface area contributed by atoms with Gasteiger partial charge in [-0.15, -0.1) is 24.0 Å². The lowest BCUT2D eigenvalue weighted by Gasteiger charge is -2.27. The van der Waals surface area contributed by atoms with Gasteiger partial charge in [0, 0.05) is 6.04 Å². The Kier molecular flexibility index (Phi) is 8.17. The summed E-state index contributed by atoms with van der Waals surface area (Å²) < 4.78 is 0. The summed E-state index contributed by atoms with van der Waals surface area (Å²) >= 11 is 0. The number of benzene rings is 1. The number of nitrogens with one attached hydrogen (secondary N) is 1. The number of aryl methyl sites for hydroxylation is 1. The SMILES string of the molecule is Cc1ccc(C(CN=C(N)NC(C)C)N2CCCC2)cc1.I. The second-order valence-corrected chi connectivity index (χ2v) is 6.19. The smallest absolute Gasteiger partial charge is 0.188 e. The van der Waals surface area contributed by atoms with Gasteiger partial charge in [0.15, 0.2) is 5.96 Å². The molecule has 1 aromatic rings. The van der Waals surface area contributed by atoms with Crippen LogP contribution in [0.2, 0.25) is 0 Å². The van der Waals surface area contributed by atoms with E-state index in [1.165, 1.54) is 24.0 Å². The minimum Gasteiger partial charge on any atom is -0.370 e. The molecule has 5 heteroatoms. The average molecular weight is 416 g/mol. The van der Waals surface area contributed by atoms with Crippen molar-refractivity contribution in [3.8, 4) is 0 Å². The van der Waals surface area contributed by atoms with E-state index in [0.717, 1.165) is 13.1 Å². The lowest BCUT2D eigenvalue weighted by Crippen LogP contribution is -2.37. The zero-order valence-electron chi connectivity index (χ0n) is 13.9. The molecule has 4 nitrogen and oxygen atoms in total. The molecule has 0 saturated carbocycles. The van der Waals surface area contributed by atoms with Crippen LogP contribution in [0.4, 0.5) is 0 Å². The lowest BCUT2D eigenvalue weighted by atomic mass is 10.0. The molecule has 0 amide bonds. The van der Waals surface area contributed by atoms with Gasteiger partial charge < -0.3 is 11.1 Å². The summed E-state index contributed by atoms with van der Waals surface area (Å²) in [5.74, 6) is 0.543. The lowest BCUT2D eigenvalue weighted by molar-refractivity contribution is 0.251. The fraction of sp³-hybridized carbons (Fsp3) is 0.588. The molecule has 2 rings (SSSR count). The molecule has 1 atom stereocenters. The second-order valence-electron chi connectivity index (χ2n) is 6.19. The molecule has 0 aromatic heterocycles. The highest BCUT2D eigenvalue weighted by Gasteiger charge is 2.23. The third-order valence-electron chi connectivity index (χ3n) is 3.91. The van der Waals surface area contributed by atoms with Crippen LogP contribution in [-0.2, 0) is 0 Å². The number of nitrogens with zero attached hydrogens (tertiary/aromatic N) is 2. The molecule has 124 valence electrons. The molecule has 0 radical (unpaired) electrons. The predicted octanol–water partition coefficient (Wildman–Crippen LogP) is 3.06. The van der Waals surface area contributed by atoms with Gasteiger partial charge in [-0.05, 0) is 52.3 Å². The first kappa shape index (κ1) is 19.2. The van der Waals surface area contributed by atoms with E-state index >= 15 is 0 Å². The van der Waals surface area contributed by atoms with Gasteiger partial charge >= 0.3 is 0 Å². The summed E-state index contributed by atoms with van der Waals surface area (Å²) in [5, 5.41) is 3.16. The molecule has 22 heavy (non-hydrogen) atoms. The minimum atomic E-state index is 0. The maximum absolute atomic E-state index is 5.94. The Morgan fingerprint density at radius 3 is 2.36 bits per heavy atom. The summed E-state index contributed by atoms with van der Waals surface area (Å²) in [6.45, 7) is 9.30. The Hall–Kier alpha value is -0.820. The highest BCUT2D eigenvalue weighted by Crippen LogP contribution is 2.25. The fourth-order valence-electron chi connectivity index (χ4n) is 2.80. The van der Waals surface area contributed by atoms with Crippen molar-refractivity contribution < 1.29 is 0 Å². The van der Waals surface area contributed by atoms with Crippen LogP contribution >= 0.6 is 24.0 Å². The van der Waals surface area contributed by atoms with Crippen LogP contribution < -0.4 is 11.1 Å². The molecule has 1 fully saturated rings. The van der Waals surface area contributed by atoms with E-state index in [1.54, 1.807) is 0 Å².